The lowest BCUT2D eigenvalue weighted by Gasteiger charge is -2.16. The maximum Gasteiger partial charge on any atom is 0.122 e. The molecule has 2 nitrogen and oxygen atoms in total. The molecule has 106 valence electrons. The number of methoxy groups -OCH3 is 1. The second-order valence-electron chi connectivity index (χ2n) is 4.78. The molecule has 0 saturated heterocycles. The number of aryl methyl sites for hydroxylation is 1. The van der Waals surface area contributed by atoms with E-state index in [1.807, 2.05) is 43.3 Å². The molecule has 0 bridgehead atoms. The third-order valence-corrected chi connectivity index (χ3v) is 3.95. The van der Waals surface area contributed by atoms with E-state index in [2.05, 4.69) is 0 Å². The average molecular weight is 310 g/mol. The molecule has 1 unspecified atom stereocenters. The zero-order valence-corrected chi connectivity index (χ0v) is 13.0. The lowest BCUT2D eigenvalue weighted by Crippen LogP contribution is -2.14. The smallest absolute Gasteiger partial charge is 0.122 e. The Hall–Kier alpha value is -1.22. The van der Waals surface area contributed by atoms with E-state index in [1.54, 1.807) is 7.11 Å². The van der Waals surface area contributed by atoms with Crippen LogP contribution in [0.5, 0.6) is 5.75 Å². The predicted octanol–water partition coefficient (Wildman–Crippen LogP) is 4.55. The van der Waals surface area contributed by atoms with Gasteiger partial charge in [-0.25, -0.2) is 0 Å². The zero-order valence-electron chi connectivity index (χ0n) is 11.5. The van der Waals surface area contributed by atoms with E-state index in [4.69, 9.17) is 33.7 Å². The molecule has 2 aromatic rings. The molecule has 0 spiro atoms. The predicted molar refractivity (Wildman–Crippen MR) is 84.8 cm³/mol. The van der Waals surface area contributed by atoms with E-state index in [0.717, 1.165) is 27.5 Å². The minimum absolute atomic E-state index is 0.127. The van der Waals surface area contributed by atoms with Crippen molar-refractivity contribution in [2.75, 3.05) is 7.11 Å². The summed E-state index contributed by atoms with van der Waals surface area (Å²) < 4.78 is 5.34. The highest BCUT2D eigenvalue weighted by atomic mass is 35.5. The van der Waals surface area contributed by atoms with Gasteiger partial charge in [0.2, 0.25) is 0 Å². The number of halogens is 2. The maximum atomic E-state index is 6.28. The van der Waals surface area contributed by atoms with Gasteiger partial charge < -0.3 is 10.5 Å². The number of hydrogen-bond acceptors (Lipinski definition) is 2. The molecule has 0 fully saturated rings. The lowest BCUT2D eigenvalue weighted by molar-refractivity contribution is 0.408. The Kier molecular flexibility index (Phi) is 4.92. The van der Waals surface area contributed by atoms with E-state index < -0.39 is 0 Å². The maximum absolute atomic E-state index is 6.28. The van der Waals surface area contributed by atoms with Crippen molar-refractivity contribution in [3.63, 3.8) is 0 Å². The molecule has 0 heterocycles. The molecule has 1 atom stereocenters. The fraction of sp³-hybridized carbons (Fsp3) is 0.250. The van der Waals surface area contributed by atoms with Gasteiger partial charge >= 0.3 is 0 Å². The van der Waals surface area contributed by atoms with Crippen molar-refractivity contribution < 1.29 is 4.74 Å². The summed E-state index contributed by atoms with van der Waals surface area (Å²) in [5, 5.41) is 1.43. The van der Waals surface area contributed by atoms with E-state index in [1.165, 1.54) is 0 Å². The molecule has 0 aromatic heterocycles. The topological polar surface area (TPSA) is 35.2 Å². The SMILES string of the molecule is COc1ccc(Cl)cc1CC(N)c1ccc(Cl)c(C)c1. The average Bonchev–Trinajstić information content (AvgIpc) is 2.42. The van der Waals surface area contributed by atoms with Crippen molar-refractivity contribution in [2.24, 2.45) is 5.73 Å². The van der Waals surface area contributed by atoms with Crippen LogP contribution in [0.25, 0.3) is 0 Å². The third kappa shape index (κ3) is 3.45. The summed E-state index contributed by atoms with van der Waals surface area (Å²) in [7, 11) is 1.64. The first-order valence-corrected chi connectivity index (χ1v) is 7.11. The molecule has 0 aliphatic rings. The number of nitrogens with two attached hydrogens (primary N) is 1. The third-order valence-electron chi connectivity index (χ3n) is 3.29. The molecule has 2 rings (SSSR count). The Labute approximate surface area is 129 Å². The normalized spacial score (nSPS) is 12.2. The Balaban J connectivity index is 2.24. The zero-order chi connectivity index (χ0) is 14.7. The van der Waals surface area contributed by atoms with Crippen LogP contribution in [0.3, 0.4) is 0 Å². The lowest BCUT2D eigenvalue weighted by atomic mass is 9.98. The summed E-state index contributed by atoms with van der Waals surface area (Å²) >= 11 is 12.1. The monoisotopic (exact) mass is 309 g/mol. The summed E-state index contributed by atoms with van der Waals surface area (Å²) in [6.07, 6.45) is 0.658. The summed E-state index contributed by atoms with van der Waals surface area (Å²) in [6, 6.07) is 11.3. The Morgan fingerprint density at radius 3 is 2.55 bits per heavy atom. The van der Waals surface area contributed by atoms with Gasteiger partial charge in [-0.3, -0.25) is 0 Å². The second-order valence-corrected chi connectivity index (χ2v) is 5.62. The molecule has 0 aliphatic heterocycles. The van der Waals surface area contributed by atoms with E-state index >= 15 is 0 Å². The summed E-state index contributed by atoms with van der Waals surface area (Å²) in [6.45, 7) is 1.97. The molecule has 2 N–H and O–H groups in total. The van der Waals surface area contributed by atoms with Crippen LogP contribution in [0, 0.1) is 6.92 Å². The van der Waals surface area contributed by atoms with Crippen LogP contribution in [0.15, 0.2) is 36.4 Å². The molecular weight excluding hydrogens is 293 g/mol. The van der Waals surface area contributed by atoms with Gasteiger partial charge in [0.15, 0.2) is 0 Å². The van der Waals surface area contributed by atoms with Crippen molar-refractivity contribution in [3.05, 3.63) is 63.1 Å². The van der Waals surface area contributed by atoms with Crippen LogP contribution in [0.1, 0.15) is 22.7 Å². The van der Waals surface area contributed by atoms with Crippen molar-refractivity contribution in [1.29, 1.82) is 0 Å². The minimum atomic E-state index is -0.127. The van der Waals surface area contributed by atoms with Gasteiger partial charge in [0.25, 0.3) is 0 Å². The molecule has 4 heteroatoms. The van der Waals surface area contributed by atoms with E-state index in [9.17, 15) is 0 Å². The number of rotatable bonds is 4. The first kappa shape index (κ1) is 15.2. The van der Waals surface area contributed by atoms with Crippen LogP contribution in [0.2, 0.25) is 10.0 Å². The van der Waals surface area contributed by atoms with Crippen molar-refractivity contribution in [2.45, 2.75) is 19.4 Å². The van der Waals surface area contributed by atoms with Crippen LogP contribution >= 0.6 is 23.2 Å². The number of benzene rings is 2. The van der Waals surface area contributed by atoms with Crippen LogP contribution in [0.4, 0.5) is 0 Å². The van der Waals surface area contributed by atoms with E-state index in [-0.39, 0.29) is 6.04 Å². The van der Waals surface area contributed by atoms with E-state index in [0.29, 0.717) is 11.4 Å². The standard InChI is InChI=1S/C16H17Cl2NO/c1-10-7-11(3-5-14(10)18)15(19)9-12-8-13(17)4-6-16(12)20-2/h3-8,15H,9,19H2,1-2H3. The summed E-state index contributed by atoms with van der Waals surface area (Å²) in [5.41, 5.74) is 9.35. The van der Waals surface area contributed by atoms with Crippen LogP contribution in [-0.2, 0) is 6.42 Å². The highest BCUT2D eigenvalue weighted by molar-refractivity contribution is 6.31. The van der Waals surface area contributed by atoms with Gasteiger partial charge in [0.05, 0.1) is 7.11 Å². The minimum Gasteiger partial charge on any atom is -0.496 e. The summed E-state index contributed by atoms with van der Waals surface area (Å²) in [5.74, 6) is 0.801. The fourth-order valence-electron chi connectivity index (χ4n) is 2.16. The van der Waals surface area contributed by atoms with Gasteiger partial charge in [-0.15, -0.1) is 0 Å². The molecular formula is C16H17Cl2NO. The highest BCUT2D eigenvalue weighted by Gasteiger charge is 2.12. The van der Waals surface area contributed by atoms with Crippen LogP contribution in [-0.4, -0.2) is 7.11 Å². The molecule has 0 saturated carbocycles. The Morgan fingerprint density at radius 1 is 1.15 bits per heavy atom. The number of hydrogen-bond donors (Lipinski definition) is 1. The molecule has 0 aliphatic carbocycles. The second kappa shape index (κ2) is 6.49. The fourth-order valence-corrected chi connectivity index (χ4v) is 2.47. The van der Waals surface area contributed by atoms with Gasteiger partial charge in [-0.05, 0) is 54.3 Å². The largest absolute Gasteiger partial charge is 0.496 e. The van der Waals surface area contributed by atoms with Crippen molar-refractivity contribution in [3.8, 4) is 5.75 Å². The molecule has 20 heavy (non-hydrogen) atoms. The van der Waals surface area contributed by atoms with Crippen molar-refractivity contribution in [1.82, 2.24) is 0 Å². The van der Waals surface area contributed by atoms with Gasteiger partial charge in [-0.1, -0.05) is 35.3 Å². The van der Waals surface area contributed by atoms with Crippen LogP contribution < -0.4 is 10.5 Å². The number of ether oxygens (including phenoxy) is 1. The molecule has 0 amide bonds. The highest BCUT2D eigenvalue weighted by Crippen LogP contribution is 2.28. The first-order chi connectivity index (χ1) is 9.51. The molecule has 2 aromatic carbocycles. The summed E-state index contributed by atoms with van der Waals surface area (Å²) in [4.78, 5) is 0. The van der Waals surface area contributed by atoms with Gasteiger partial charge in [0, 0.05) is 16.1 Å². The quantitative estimate of drug-likeness (QED) is 0.899. The first-order valence-electron chi connectivity index (χ1n) is 6.35. The Bertz CT molecular complexity index is 613. The van der Waals surface area contributed by atoms with Gasteiger partial charge in [0.1, 0.15) is 5.75 Å². The van der Waals surface area contributed by atoms with Gasteiger partial charge in [-0.2, -0.15) is 0 Å². The molecule has 0 radical (unpaired) electrons. The Morgan fingerprint density at radius 2 is 1.90 bits per heavy atom. The van der Waals surface area contributed by atoms with Crippen molar-refractivity contribution >= 4 is 23.2 Å².